The number of anilines is 1. The largest absolute Gasteiger partial charge is 0.379 e. The Hall–Kier alpha value is -1.95. The van der Waals surface area contributed by atoms with Crippen LogP contribution in [0.5, 0.6) is 0 Å². The molecule has 0 bridgehead atoms. The molecule has 0 amide bonds. The summed E-state index contributed by atoms with van der Waals surface area (Å²) in [4.78, 5) is 2.38. The number of nitrogens with one attached hydrogen (secondary N) is 2. The summed E-state index contributed by atoms with van der Waals surface area (Å²) in [5.74, 6) is 0. The fraction of sp³-hybridized carbons (Fsp3) is 0.316. The number of benzene rings is 2. The lowest BCUT2D eigenvalue weighted by Crippen LogP contribution is -2.42. The fourth-order valence-electron chi connectivity index (χ4n) is 2.70. The van der Waals surface area contributed by atoms with Crippen LogP contribution >= 0.6 is 12.2 Å². The molecule has 1 fully saturated rings. The van der Waals surface area contributed by atoms with Crippen molar-refractivity contribution >= 4 is 23.0 Å². The molecule has 1 aliphatic heterocycles. The van der Waals surface area contributed by atoms with Gasteiger partial charge < -0.3 is 15.4 Å². The average molecular weight is 341 g/mol. The van der Waals surface area contributed by atoms with Crippen molar-refractivity contribution in [1.82, 2.24) is 10.2 Å². The van der Waals surface area contributed by atoms with Gasteiger partial charge in [0.2, 0.25) is 0 Å². The number of thiocarbonyl (C=S) groups is 1. The van der Waals surface area contributed by atoms with E-state index in [4.69, 9.17) is 17.0 Å². The number of morpholine rings is 1. The van der Waals surface area contributed by atoms with E-state index in [0.29, 0.717) is 5.11 Å². The molecule has 0 spiro atoms. The van der Waals surface area contributed by atoms with Crippen molar-refractivity contribution in [3.05, 3.63) is 54.6 Å². The second-order valence-electron chi connectivity index (χ2n) is 5.78. The number of hydrogen-bond acceptors (Lipinski definition) is 3. The van der Waals surface area contributed by atoms with E-state index in [1.54, 1.807) is 0 Å². The Balaban J connectivity index is 1.44. The zero-order chi connectivity index (χ0) is 16.6. The molecule has 2 aromatic carbocycles. The average Bonchev–Trinajstić information content (AvgIpc) is 2.64. The van der Waals surface area contributed by atoms with Crippen molar-refractivity contribution in [2.24, 2.45) is 0 Å². The highest BCUT2D eigenvalue weighted by atomic mass is 32.1. The lowest BCUT2D eigenvalue weighted by atomic mass is 10.1. The number of hydrogen-bond donors (Lipinski definition) is 2. The van der Waals surface area contributed by atoms with Crippen LogP contribution in [0.3, 0.4) is 0 Å². The van der Waals surface area contributed by atoms with Crippen LogP contribution in [0.2, 0.25) is 0 Å². The van der Waals surface area contributed by atoms with Gasteiger partial charge in [-0.3, -0.25) is 4.90 Å². The highest BCUT2D eigenvalue weighted by Gasteiger charge is 2.09. The van der Waals surface area contributed by atoms with E-state index in [2.05, 4.69) is 64.1 Å². The molecule has 0 atom stereocenters. The van der Waals surface area contributed by atoms with Crippen LogP contribution in [0.15, 0.2) is 54.6 Å². The first-order chi connectivity index (χ1) is 11.8. The van der Waals surface area contributed by atoms with E-state index >= 15 is 0 Å². The maximum atomic E-state index is 5.36. The summed E-state index contributed by atoms with van der Waals surface area (Å²) in [5.41, 5.74) is 3.42. The third kappa shape index (κ3) is 5.03. The van der Waals surface area contributed by atoms with E-state index in [0.717, 1.165) is 45.1 Å². The molecule has 0 radical (unpaired) electrons. The third-order valence-electron chi connectivity index (χ3n) is 4.07. The van der Waals surface area contributed by atoms with Gasteiger partial charge in [-0.25, -0.2) is 0 Å². The Kier molecular flexibility index (Phi) is 6.18. The van der Waals surface area contributed by atoms with Gasteiger partial charge in [-0.15, -0.1) is 0 Å². The van der Waals surface area contributed by atoms with Crippen molar-refractivity contribution in [2.75, 3.05) is 44.7 Å². The number of nitrogens with zero attached hydrogens (tertiary/aromatic N) is 1. The van der Waals surface area contributed by atoms with Gasteiger partial charge in [0.25, 0.3) is 0 Å². The molecule has 1 saturated heterocycles. The van der Waals surface area contributed by atoms with Gasteiger partial charge in [-0.05, 0) is 35.5 Å². The van der Waals surface area contributed by atoms with Crippen LogP contribution in [0.1, 0.15) is 0 Å². The Bertz CT molecular complexity index is 639. The van der Waals surface area contributed by atoms with Crippen molar-refractivity contribution in [3.63, 3.8) is 0 Å². The maximum absolute atomic E-state index is 5.36. The number of ether oxygens (including phenoxy) is 1. The van der Waals surface area contributed by atoms with Crippen molar-refractivity contribution < 1.29 is 4.74 Å². The Morgan fingerprint density at radius 3 is 2.33 bits per heavy atom. The molecular formula is C19H23N3OS. The topological polar surface area (TPSA) is 36.5 Å². The summed E-state index contributed by atoms with van der Waals surface area (Å²) in [5, 5.41) is 7.16. The summed E-state index contributed by atoms with van der Waals surface area (Å²) in [7, 11) is 0. The first kappa shape index (κ1) is 16.9. The molecule has 2 aromatic rings. The first-order valence-corrected chi connectivity index (χ1v) is 8.72. The van der Waals surface area contributed by atoms with Gasteiger partial charge in [0.05, 0.1) is 13.2 Å². The van der Waals surface area contributed by atoms with Crippen molar-refractivity contribution in [2.45, 2.75) is 0 Å². The van der Waals surface area contributed by atoms with Crippen LogP contribution in [-0.2, 0) is 4.74 Å². The Morgan fingerprint density at radius 2 is 1.62 bits per heavy atom. The maximum Gasteiger partial charge on any atom is 0.170 e. The predicted molar refractivity (Wildman–Crippen MR) is 103 cm³/mol. The molecule has 4 nitrogen and oxygen atoms in total. The standard InChI is InChI=1S/C19H23N3OS/c24-19(20-10-11-22-12-14-23-15-13-22)21-18-8-6-17(7-9-18)16-4-2-1-3-5-16/h1-9H,10-15H2,(H2,20,21,24). The van der Waals surface area contributed by atoms with Crippen LogP contribution < -0.4 is 10.6 Å². The van der Waals surface area contributed by atoms with E-state index in [1.807, 2.05) is 6.07 Å². The third-order valence-corrected chi connectivity index (χ3v) is 4.31. The van der Waals surface area contributed by atoms with Gasteiger partial charge in [-0.2, -0.15) is 0 Å². The van der Waals surface area contributed by atoms with E-state index < -0.39 is 0 Å². The zero-order valence-corrected chi connectivity index (χ0v) is 14.5. The minimum absolute atomic E-state index is 0.663. The van der Waals surface area contributed by atoms with E-state index in [1.165, 1.54) is 11.1 Å². The van der Waals surface area contributed by atoms with E-state index in [-0.39, 0.29) is 0 Å². The second kappa shape index (κ2) is 8.78. The second-order valence-corrected chi connectivity index (χ2v) is 6.19. The highest BCUT2D eigenvalue weighted by molar-refractivity contribution is 7.80. The molecule has 3 rings (SSSR count). The molecular weight excluding hydrogens is 318 g/mol. The van der Waals surface area contributed by atoms with Crippen LogP contribution in [0, 0.1) is 0 Å². The zero-order valence-electron chi connectivity index (χ0n) is 13.7. The predicted octanol–water partition coefficient (Wildman–Crippen LogP) is 2.97. The summed E-state index contributed by atoms with van der Waals surface area (Å²) in [6.45, 7) is 5.49. The number of rotatable bonds is 5. The normalized spacial score (nSPS) is 15.0. The quantitative estimate of drug-likeness (QED) is 0.818. The molecule has 1 heterocycles. The highest BCUT2D eigenvalue weighted by Crippen LogP contribution is 2.20. The SMILES string of the molecule is S=C(NCCN1CCOCC1)Nc1ccc(-c2ccccc2)cc1. The van der Waals surface area contributed by atoms with Crippen LogP contribution in [0.25, 0.3) is 11.1 Å². The minimum atomic E-state index is 0.663. The Morgan fingerprint density at radius 1 is 0.958 bits per heavy atom. The van der Waals surface area contributed by atoms with Gasteiger partial charge in [-0.1, -0.05) is 42.5 Å². The van der Waals surface area contributed by atoms with Gasteiger partial charge in [0, 0.05) is 31.9 Å². The molecule has 1 aliphatic rings. The minimum Gasteiger partial charge on any atom is -0.379 e. The fourth-order valence-corrected chi connectivity index (χ4v) is 2.92. The van der Waals surface area contributed by atoms with Gasteiger partial charge in [0.15, 0.2) is 5.11 Å². The van der Waals surface area contributed by atoms with Gasteiger partial charge >= 0.3 is 0 Å². The summed E-state index contributed by atoms with van der Waals surface area (Å²) >= 11 is 5.36. The molecule has 126 valence electrons. The molecule has 0 aliphatic carbocycles. The molecule has 0 saturated carbocycles. The molecule has 0 aromatic heterocycles. The molecule has 24 heavy (non-hydrogen) atoms. The van der Waals surface area contributed by atoms with E-state index in [9.17, 15) is 0 Å². The van der Waals surface area contributed by atoms with Crippen LogP contribution in [-0.4, -0.2) is 49.4 Å². The molecule has 0 unspecified atom stereocenters. The van der Waals surface area contributed by atoms with Crippen LogP contribution in [0.4, 0.5) is 5.69 Å². The Labute approximate surface area is 148 Å². The van der Waals surface area contributed by atoms with Gasteiger partial charge in [0.1, 0.15) is 0 Å². The first-order valence-electron chi connectivity index (χ1n) is 8.32. The summed E-state index contributed by atoms with van der Waals surface area (Å²) < 4.78 is 5.35. The molecule has 5 heteroatoms. The monoisotopic (exact) mass is 341 g/mol. The lowest BCUT2D eigenvalue weighted by Gasteiger charge is -2.26. The summed E-state index contributed by atoms with van der Waals surface area (Å²) in [6, 6.07) is 18.7. The lowest BCUT2D eigenvalue weighted by molar-refractivity contribution is 0.0389. The smallest absolute Gasteiger partial charge is 0.170 e. The van der Waals surface area contributed by atoms with Crippen molar-refractivity contribution in [1.29, 1.82) is 0 Å². The molecule has 2 N–H and O–H groups in total. The summed E-state index contributed by atoms with van der Waals surface area (Å²) in [6.07, 6.45) is 0. The van der Waals surface area contributed by atoms with Crippen molar-refractivity contribution in [3.8, 4) is 11.1 Å².